The Morgan fingerprint density at radius 3 is 2.48 bits per heavy atom. The van der Waals surface area contributed by atoms with Crippen LogP contribution >= 0.6 is 0 Å². The number of hydrogen-bond donors (Lipinski definition) is 2. The summed E-state index contributed by atoms with van der Waals surface area (Å²) in [5, 5.41) is 5.50. The zero-order chi connectivity index (χ0) is 20.5. The Kier molecular flexibility index (Phi) is 7.16. The Morgan fingerprint density at radius 2 is 1.72 bits per heavy atom. The van der Waals surface area contributed by atoms with Gasteiger partial charge >= 0.3 is 5.97 Å². The fourth-order valence-corrected chi connectivity index (χ4v) is 3.11. The van der Waals surface area contributed by atoms with E-state index < -0.39 is 5.91 Å². The fraction of sp³-hybridized carbons (Fsp3) is 0.261. The third-order valence-corrected chi connectivity index (χ3v) is 4.69. The van der Waals surface area contributed by atoms with Gasteiger partial charge < -0.3 is 15.4 Å². The second-order valence-corrected chi connectivity index (χ2v) is 6.85. The van der Waals surface area contributed by atoms with Gasteiger partial charge in [-0.05, 0) is 37.0 Å². The molecule has 0 unspecified atom stereocenters. The second kappa shape index (κ2) is 10.2. The summed E-state index contributed by atoms with van der Waals surface area (Å²) in [5.74, 6) is -1.33. The number of esters is 1. The van der Waals surface area contributed by atoms with Crippen LogP contribution in [0.2, 0.25) is 0 Å². The summed E-state index contributed by atoms with van der Waals surface area (Å²) in [7, 11) is 0. The van der Waals surface area contributed by atoms with E-state index >= 15 is 0 Å². The second-order valence-electron chi connectivity index (χ2n) is 6.85. The Labute approximate surface area is 170 Å². The molecule has 0 aromatic heterocycles. The highest BCUT2D eigenvalue weighted by atomic mass is 16.5. The maximum atomic E-state index is 12.5. The molecule has 1 aliphatic carbocycles. The summed E-state index contributed by atoms with van der Waals surface area (Å²) < 4.78 is 5.14. The number of ether oxygens (including phenoxy) is 1. The van der Waals surface area contributed by atoms with Crippen molar-refractivity contribution in [1.29, 1.82) is 0 Å². The topological polar surface area (TPSA) is 84.5 Å². The van der Waals surface area contributed by atoms with Gasteiger partial charge in [-0.15, -0.1) is 0 Å². The molecular weight excluding hydrogens is 368 g/mol. The Hall–Kier alpha value is -3.41. The average molecular weight is 392 g/mol. The summed E-state index contributed by atoms with van der Waals surface area (Å²) in [6.07, 6.45) is 6.22. The van der Waals surface area contributed by atoms with E-state index in [2.05, 4.69) is 10.6 Å². The van der Waals surface area contributed by atoms with Crippen LogP contribution in [-0.4, -0.2) is 24.4 Å². The van der Waals surface area contributed by atoms with Gasteiger partial charge in [-0.2, -0.15) is 0 Å². The lowest BCUT2D eigenvalue weighted by Crippen LogP contribution is -2.27. The van der Waals surface area contributed by atoms with Gasteiger partial charge in [0.2, 0.25) is 0 Å². The van der Waals surface area contributed by atoms with Gasteiger partial charge in [0, 0.05) is 6.54 Å². The smallest absolute Gasteiger partial charge is 0.309 e. The van der Waals surface area contributed by atoms with Gasteiger partial charge in [0.15, 0.2) is 6.61 Å². The van der Waals surface area contributed by atoms with Crippen molar-refractivity contribution in [1.82, 2.24) is 5.32 Å². The van der Waals surface area contributed by atoms with Crippen molar-refractivity contribution in [3.05, 3.63) is 77.9 Å². The van der Waals surface area contributed by atoms with Crippen LogP contribution in [0.4, 0.5) is 5.69 Å². The number of rotatable bonds is 7. The number of anilines is 1. The molecule has 0 bridgehead atoms. The van der Waals surface area contributed by atoms with Gasteiger partial charge in [0.1, 0.15) is 0 Å². The van der Waals surface area contributed by atoms with Crippen LogP contribution in [0, 0.1) is 5.92 Å². The predicted octanol–water partition coefficient (Wildman–Crippen LogP) is 3.45. The number of carbonyl (C=O) groups is 3. The lowest BCUT2D eigenvalue weighted by Gasteiger charge is -2.16. The van der Waals surface area contributed by atoms with Crippen molar-refractivity contribution < 1.29 is 19.1 Å². The van der Waals surface area contributed by atoms with Crippen molar-refractivity contribution in [3.8, 4) is 0 Å². The summed E-state index contributed by atoms with van der Waals surface area (Å²) in [6.45, 7) is 0.00835. The lowest BCUT2D eigenvalue weighted by atomic mass is 9.95. The molecule has 0 radical (unpaired) electrons. The monoisotopic (exact) mass is 392 g/mol. The quantitative estimate of drug-likeness (QED) is 0.558. The van der Waals surface area contributed by atoms with E-state index in [1.807, 2.05) is 42.5 Å². The molecule has 1 aliphatic rings. The highest BCUT2D eigenvalue weighted by molar-refractivity contribution is 6.04. The zero-order valence-corrected chi connectivity index (χ0v) is 16.1. The van der Waals surface area contributed by atoms with Crippen molar-refractivity contribution in [2.45, 2.75) is 25.8 Å². The molecular formula is C23H24N2O4. The minimum absolute atomic E-state index is 0.191. The van der Waals surface area contributed by atoms with Gasteiger partial charge in [-0.3, -0.25) is 14.4 Å². The number of para-hydroxylation sites is 1. The molecule has 0 saturated heterocycles. The van der Waals surface area contributed by atoms with Crippen molar-refractivity contribution >= 4 is 23.5 Å². The van der Waals surface area contributed by atoms with Crippen LogP contribution in [0.3, 0.4) is 0 Å². The Balaban J connectivity index is 1.53. The molecule has 2 amide bonds. The molecule has 2 aromatic carbocycles. The largest absolute Gasteiger partial charge is 0.455 e. The molecule has 0 heterocycles. The van der Waals surface area contributed by atoms with Gasteiger partial charge in [0.25, 0.3) is 11.8 Å². The maximum absolute atomic E-state index is 12.5. The van der Waals surface area contributed by atoms with Gasteiger partial charge in [0.05, 0.1) is 17.2 Å². The van der Waals surface area contributed by atoms with Crippen LogP contribution in [0.15, 0.2) is 66.7 Å². The summed E-state index contributed by atoms with van der Waals surface area (Å²) in [6, 6.07) is 16.3. The van der Waals surface area contributed by atoms with Crippen LogP contribution in [0.1, 0.15) is 35.2 Å². The first-order valence-corrected chi connectivity index (χ1v) is 9.66. The SMILES string of the molecule is O=C(COC(=O)[C@H]1CC=CCC1)Nc1ccccc1C(=O)NCc1ccccc1. The number of carbonyl (C=O) groups excluding carboxylic acids is 3. The molecule has 29 heavy (non-hydrogen) atoms. The molecule has 0 aliphatic heterocycles. The third-order valence-electron chi connectivity index (χ3n) is 4.69. The molecule has 0 saturated carbocycles. The molecule has 150 valence electrons. The summed E-state index contributed by atoms with van der Waals surface area (Å²) >= 11 is 0. The Bertz CT molecular complexity index is 893. The van der Waals surface area contributed by atoms with E-state index in [9.17, 15) is 14.4 Å². The van der Waals surface area contributed by atoms with Crippen molar-refractivity contribution in [3.63, 3.8) is 0 Å². The molecule has 0 spiro atoms. The van der Waals surface area contributed by atoms with E-state index in [1.54, 1.807) is 24.3 Å². The van der Waals surface area contributed by atoms with E-state index in [0.717, 1.165) is 18.4 Å². The molecule has 3 rings (SSSR count). The number of allylic oxidation sites excluding steroid dienone is 2. The molecule has 6 heteroatoms. The minimum atomic E-state index is -0.479. The van der Waals surface area contributed by atoms with E-state index in [-0.39, 0.29) is 24.4 Å². The highest BCUT2D eigenvalue weighted by Gasteiger charge is 2.21. The Morgan fingerprint density at radius 1 is 0.966 bits per heavy atom. The van der Waals surface area contributed by atoms with Crippen LogP contribution in [-0.2, 0) is 20.9 Å². The first kappa shape index (κ1) is 20.3. The van der Waals surface area contributed by atoms with E-state index in [1.165, 1.54) is 0 Å². The maximum Gasteiger partial charge on any atom is 0.309 e. The molecule has 1 atom stereocenters. The third kappa shape index (κ3) is 6.04. The normalized spacial score (nSPS) is 15.4. The zero-order valence-electron chi connectivity index (χ0n) is 16.1. The summed E-state index contributed by atoms with van der Waals surface area (Å²) in [5.41, 5.74) is 1.70. The molecule has 0 fully saturated rings. The van der Waals surface area contributed by atoms with Crippen LogP contribution in [0.5, 0.6) is 0 Å². The molecule has 2 aromatic rings. The van der Waals surface area contributed by atoms with Gasteiger partial charge in [-0.25, -0.2) is 0 Å². The van der Waals surface area contributed by atoms with Crippen LogP contribution in [0.25, 0.3) is 0 Å². The standard InChI is InChI=1S/C23H24N2O4/c26-21(16-29-23(28)18-11-5-2-6-12-18)25-20-14-8-7-13-19(20)22(27)24-15-17-9-3-1-4-10-17/h1-5,7-10,13-14,18H,6,11-12,15-16H2,(H,24,27)(H,25,26)/t18-/m0/s1. The first-order valence-electron chi connectivity index (χ1n) is 9.66. The number of amides is 2. The van der Waals surface area contributed by atoms with Gasteiger partial charge in [-0.1, -0.05) is 54.6 Å². The van der Waals surface area contributed by atoms with Crippen molar-refractivity contribution in [2.24, 2.45) is 5.92 Å². The lowest BCUT2D eigenvalue weighted by molar-refractivity contribution is -0.151. The average Bonchev–Trinajstić information content (AvgIpc) is 2.77. The summed E-state index contributed by atoms with van der Waals surface area (Å²) in [4.78, 5) is 36.8. The van der Waals surface area contributed by atoms with E-state index in [0.29, 0.717) is 24.2 Å². The molecule has 2 N–H and O–H groups in total. The molecule has 6 nitrogen and oxygen atoms in total. The number of hydrogen-bond acceptors (Lipinski definition) is 4. The van der Waals surface area contributed by atoms with Crippen LogP contribution < -0.4 is 10.6 Å². The van der Waals surface area contributed by atoms with E-state index in [4.69, 9.17) is 4.74 Å². The number of benzene rings is 2. The number of nitrogens with one attached hydrogen (secondary N) is 2. The fourth-order valence-electron chi connectivity index (χ4n) is 3.11. The first-order chi connectivity index (χ1) is 14.1. The minimum Gasteiger partial charge on any atom is -0.455 e. The van der Waals surface area contributed by atoms with Crippen molar-refractivity contribution in [2.75, 3.05) is 11.9 Å². The predicted molar refractivity (Wildman–Crippen MR) is 110 cm³/mol. The highest BCUT2D eigenvalue weighted by Crippen LogP contribution is 2.19.